The minimum absolute atomic E-state index is 0.333. The van der Waals surface area contributed by atoms with Gasteiger partial charge in [0, 0.05) is 12.6 Å². The summed E-state index contributed by atoms with van der Waals surface area (Å²) in [6.45, 7) is 4.58. The van der Waals surface area contributed by atoms with Gasteiger partial charge in [-0.2, -0.15) is 0 Å². The van der Waals surface area contributed by atoms with E-state index < -0.39 is 0 Å². The summed E-state index contributed by atoms with van der Waals surface area (Å²) in [4.78, 5) is 3.99. The third-order valence-electron chi connectivity index (χ3n) is 2.02. The van der Waals surface area contributed by atoms with Crippen LogP contribution in [0.2, 0.25) is 0 Å². The summed E-state index contributed by atoms with van der Waals surface area (Å²) in [5.41, 5.74) is 0.333. The second kappa shape index (κ2) is 0.757. The van der Waals surface area contributed by atoms with Crippen LogP contribution in [-0.4, -0.2) is 24.8 Å². The fourth-order valence-electron chi connectivity index (χ4n) is 1.15. The maximum Gasteiger partial charge on any atom is 0.0893 e. The zero-order chi connectivity index (χ0) is 4.91. The molecule has 2 heteroatoms. The standard InChI is InChI=1S/C5H8N2/c1-6-5-2-4(5)7-3-5/h4,7H,1-3H2. The highest BCUT2D eigenvalue weighted by molar-refractivity contribution is 5.36. The molecule has 2 atom stereocenters. The van der Waals surface area contributed by atoms with Crippen LogP contribution < -0.4 is 5.32 Å². The molecule has 2 unspecified atom stereocenters. The lowest BCUT2D eigenvalue weighted by molar-refractivity contribution is 0.443. The van der Waals surface area contributed by atoms with Gasteiger partial charge in [0.25, 0.3) is 0 Å². The fourth-order valence-corrected chi connectivity index (χ4v) is 1.15. The normalized spacial score (nSPS) is 54.6. The first-order valence-corrected chi connectivity index (χ1v) is 2.59. The number of nitrogens with zero attached hydrogens (tertiary/aromatic N) is 1. The van der Waals surface area contributed by atoms with Gasteiger partial charge in [-0.15, -0.1) is 0 Å². The Morgan fingerprint density at radius 1 is 1.86 bits per heavy atom. The largest absolute Gasteiger partial charge is 0.309 e. The average Bonchev–Trinajstić information content (AvgIpc) is 2.12. The summed E-state index contributed by atoms with van der Waals surface area (Å²) in [5, 5.41) is 3.24. The molecule has 1 aliphatic carbocycles. The fraction of sp³-hybridized carbons (Fsp3) is 0.800. The van der Waals surface area contributed by atoms with E-state index in [9.17, 15) is 0 Å². The average molecular weight is 96.1 g/mol. The van der Waals surface area contributed by atoms with E-state index >= 15 is 0 Å². The lowest BCUT2D eigenvalue weighted by Gasteiger charge is -2.21. The molecule has 1 heterocycles. The Bertz CT molecular complexity index is 117. The van der Waals surface area contributed by atoms with Gasteiger partial charge in [0.1, 0.15) is 0 Å². The van der Waals surface area contributed by atoms with Gasteiger partial charge in [0.2, 0.25) is 0 Å². The summed E-state index contributed by atoms with van der Waals surface area (Å²) in [6.07, 6.45) is 1.23. The first-order chi connectivity index (χ1) is 3.37. The molecule has 1 N–H and O–H groups in total. The molecule has 0 amide bonds. The maximum absolute atomic E-state index is 3.99. The molecule has 2 fully saturated rings. The van der Waals surface area contributed by atoms with Crippen LogP contribution in [0.1, 0.15) is 6.42 Å². The molecule has 7 heavy (non-hydrogen) atoms. The zero-order valence-electron chi connectivity index (χ0n) is 4.15. The van der Waals surface area contributed by atoms with Gasteiger partial charge in [-0.1, -0.05) is 0 Å². The number of rotatable bonds is 1. The number of aliphatic imine (C=N–C) groups is 1. The highest BCUT2D eigenvalue weighted by atomic mass is 15.2. The molecule has 1 aliphatic heterocycles. The van der Waals surface area contributed by atoms with Crippen molar-refractivity contribution in [2.45, 2.75) is 18.0 Å². The summed E-state index contributed by atoms with van der Waals surface area (Å²) < 4.78 is 0. The van der Waals surface area contributed by atoms with Crippen molar-refractivity contribution < 1.29 is 0 Å². The van der Waals surface area contributed by atoms with Crippen molar-refractivity contribution in [3.8, 4) is 0 Å². The Hall–Kier alpha value is -0.370. The van der Waals surface area contributed by atoms with Crippen LogP contribution in [0.5, 0.6) is 0 Å². The second-order valence-electron chi connectivity index (χ2n) is 2.40. The Balaban J connectivity index is 2.19. The molecule has 0 bridgehead atoms. The van der Waals surface area contributed by atoms with Gasteiger partial charge in [0.15, 0.2) is 0 Å². The van der Waals surface area contributed by atoms with E-state index in [1.54, 1.807) is 0 Å². The Morgan fingerprint density at radius 3 is 2.71 bits per heavy atom. The van der Waals surface area contributed by atoms with Crippen molar-refractivity contribution in [2.24, 2.45) is 4.99 Å². The lowest BCUT2D eigenvalue weighted by Crippen LogP contribution is -2.45. The van der Waals surface area contributed by atoms with E-state index in [0.29, 0.717) is 11.6 Å². The molecule has 2 aliphatic rings. The van der Waals surface area contributed by atoms with Crippen LogP contribution in [0.25, 0.3) is 0 Å². The molecule has 0 radical (unpaired) electrons. The summed E-state index contributed by atoms with van der Waals surface area (Å²) in [6, 6.07) is 0.713. The van der Waals surface area contributed by atoms with Gasteiger partial charge in [-0.05, 0) is 13.1 Å². The van der Waals surface area contributed by atoms with Gasteiger partial charge in [-0.25, -0.2) is 0 Å². The maximum atomic E-state index is 3.99. The molecule has 0 aromatic heterocycles. The third-order valence-corrected chi connectivity index (χ3v) is 2.02. The quantitative estimate of drug-likeness (QED) is 0.449. The highest BCUT2D eigenvalue weighted by Crippen LogP contribution is 2.46. The number of hydrogen-bond donors (Lipinski definition) is 1. The van der Waals surface area contributed by atoms with Crippen molar-refractivity contribution in [3.63, 3.8) is 0 Å². The molecule has 0 aromatic rings. The molecular weight excluding hydrogens is 88.1 g/mol. The predicted octanol–water partition coefficient (Wildman–Crippen LogP) is -0.199. The van der Waals surface area contributed by atoms with E-state index in [1.165, 1.54) is 6.42 Å². The molecule has 2 rings (SSSR count). The zero-order valence-corrected chi connectivity index (χ0v) is 4.15. The van der Waals surface area contributed by atoms with Crippen LogP contribution in [-0.2, 0) is 0 Å². The molecular formula is C5H8N2. The third kappa shape index (κ3) is 0.239. The number of nitrogens with one attached hydrogen (secondary N) is 1. The van der Waals surface area contributed by atoms with E-state index in [1.807, 2.05) is 0 Å². The molecule has 1 saturated carbocycles. The molecule has 0 aromatic carbocycles. The van der Waals surface area contributed by atoms with Crippen molar-refractivity contribution >= 4 is 6.72 Å². The van der Waals surface area contributed by atoms with E-state index in [2.05, 4.69) is 17.0 Å². The minimum atomic E-state index is 0.333. The SMILES string of the molecule is C=NC12CNC1C2. The minimum Gasteiger partial charge on any atom is -0.309 e. The van der Waals surface area contributed by atoms with Crippen molar-refractivity contribution in [3.05, 3.63) is 0 Å². The van der Waals surface area contributed by atoms with Gasteiger partial charge < -0.3 is 5.32 Å². The van der Waals surface area contributed by atoms with Crippen molar-refractivity contribution in [1.29, 1.82) is 0 Å². The summed E-state index contributed by atoms with van der Waals surface area (Å²) in [5.74, 6) is 0. The Morgan fingerprint density at radius 2 is 2.71 bits per heavy atom. The van der Waals surface area contributed by atoms with Gasteiger partial charge >= 0.3 is 0 Å². The predicted molar refractivity (Wildman–Crippen MR) is 28.7 cm³/mol. The number of hydrogen-bond acceptors (Lipinski definition) is 2. The first-order valence-electron chi connectivity index (χ1n) is 2.59. The lowest BCUT2D eigenvalue weighted by atomic mass is 10.2. The summed E-state index contributed by atoms with van der Waals surface area (Å²) in [7, 11) is 0. The van der Waals surface area contributed by atoms with E-state index in [-0.39, 0.29) is 0 Å². The first kappa shape index (κ1) is 3.61. The van der Waals surface area contributed by atoms with Crippen molar-refractivity contribution in [1.82, 2.24) is 5.32 Å². The monoisotopic (exact) mass is 96.1 g/mol. The second-order valence-corrected chi connectivity index (χ2v) is 2.40. The highest BCUT2D eigenvalue weighted by Gasteiger charge is 2.61. The van der Waals surface area contributed by atoms with E-state index in [4.69, 9.17) is 0 Å². The summed E-state index contributed by atoms with van der Waals surface area (Å²) >= 11 is 0. The Labute approximate surface area is 42.6 Å². The molecule has 2 nitrogen and oxygen atoms in total. The smallest absolute Gasteiger partial charge is 0.0893 e. The van der Waals surface area contributed by atoms with Crippen LogP contribution in [0.4, 0.5) is 0 Å². The number of fused-ring (bicyclic) bond motifs is 1. The van der Waals surface area contributed by atoms with Crippen LogP contribution in [0.3, 0.4) is 0 Å². The molecule has 38 valence electrons. The van der Waals surface area contributed by atoms with Gasteiger partial charge in [0.05, 0.1) is 5.54 Å². The van der Waals surface area contributed by atoms with Crippen LogP contribution in [0.15, 0.2) is 4.99 Å². The topological polar surface area (TPSA) is 24.4 Å². The molecule has 0 spiro atoms. The van der Waals surface area contributed by atoms with E-state index in [0.717, 1.165) is 6.54 Å². The van der Waals surface area contributed by atoms with Gasteiger partial charge in [-0.3, -0.25) is 4.99 Å². The molecule has 1 saturated heterocycles. The van der Waals surface area contributed by atoms with Crippen molar-refractivity contribution in [2.75, 3.05) is 6.54 Å². The Kier molecular flexibility index (Phi) is 0.390. The van der Waals surface area contributed by atoms with Crippen LogP contribution >= 0.6 is 0 Å². The van der Waals surface area contributed by atoms with Crippen LogP contribution in [0, 0.1) is 0 Å².